The third-order valence-electron chi connectivity index (χ3n) is 0.484. The van der Waals surface area contributed by atoms with Gasteiger partial charge in [0.15, 0.2) is 0.864 Å². The Morgan fingerprint density at radius 1 is 1.00 bits per heavy atom. The first-order valence-corrected chi connectivity index (χ1v) is 7.04. The van der Waals surface area contributed by atoms with Crippen LogP contribution in [0.2, 0.25) is 0 Å². The predicted molar refractivity (Wildman–Crippen MR) is 81.3 cm³/mol. The average molecular weight is 687 g/mol. The molecule has 0 unspecified atom stereocenters. The molecule has 6 heteroatoms. The summed E-state index contributed by atoms with van der Waals surface area (Å²) in [6, 6.07) is 0. The maximum atomic E-state index is 10.3. The molecule has 0 spiro atoms. The molecule has 0 amide bonds. The van der Waals surface area contributed by atoms with Crippen molar-refractivity contribution in [3.8, 4) is 0 Å². The minimum absolute atomic E-state index is 0.0941. The number of carbonyl (C=O) groups excluding carboxylic acids is 1. The van der Waals surface area contributed by atoms with Crippen molar-refractivity contribution in [2.24, 2.45) is 0 Å². The number of rotatable bonds is 2. The van der Waals surface area contributed by atoms with Crippen LogP contribution < -0.4 is 0 Å². The summed E-state index contributed by atoms with van der Waals surface area (Å²) in [4.78, 5) is 10.3. The molecule has 0 saturated heterocycles. The van der Waals surface area contributed by atoms with Crippen molar-refractivity contribution < 1.29 is 4.79 Å². The quantitative estimate of drug-likeness (QED) is 0.321. The first-order chi connectivity index (χ1) is 3.81. The molecule has 9 heavy (non-hydrogen) atoms. The molecule has 0 aromatic heterocycles. The normalized spacial score (nSPS) is 13.4. The fraction of sp³-hybridized carbons (Fsp3) is 0.667. The van der Waals surface area contributed by atoms with Gasteiger partial charge in [-0.05, 0) is 0 Å². The lowest BCUT2D eigenvalue weighted by Gasteiger charge is -2.22. The number of hydrogen-bond acceptors (Lipinski definition) is 1. The molecule has 0 aromatic carbocycles. The van der Waals surface area contributed by atoms with Gasteiger partial charge >= 0.3 is 0 Å². The molecule has 1 radical (unpaired) electrons. The summed E-state index contributed by atoms with van der Waals surface area (Å²) in [5, 5.41) is 0. The lowest BCUT2D eigenvalue weighted by molar-refractivity contribution is 0.555. The summed E-state index contributed by atoms with van der Waals surface area (Å²) >= 11 is 10.8. The largest absolute Gasteiger partial charge is 0.288 e. The zero-order valence-corrected chi connectivity index (χ0v) is 14.6. The monoisotopic (exact) mass is 687 g/mol. The van der Waals surface area contributed by atoms with E-state index in [1.54, 1.807) is 0 Å². The summed E-state index contributed by atoms with van der Waals surface area (Å²) in [6.45, 7) is 0. The van der Waals surface area contributed by atoms with E-state index < -0.39 is 1.43 Å². The van der Waals surface area contributed by atoms with Gasteiger partial charge in [0, 0.05) is 0 Å². The van der Waals surface area contributed by atoms with Crippen LogP contribution in [0.4, 0.5) is 0 Å². The Kier molecular flexibility index (Phi) is 6.20. The zero-order chi connectivity index (χ0) is 7.71. The van der Waals surface area contributed by atoms with Crippen LogP contribution in [0.25, 0.3) is 0 Å². The molecule has 0 aliphatic heterocycles. The highest BCUT2D eigenvalue weighted by Crippen LogP contribution is 2.53. The highest BCUT2D eigenvalue weighted by Gasteiger charge is 2.43. The van der Waals surface area contributed by atoms with Crippen molar-refractivity contribution in [3.63, 3.8) is 0 Å². The summed E-state index contributed by atoms with van der Waals surface area (Å²) in [7, 11) is 0. The SMILES string of the molecule is O=[C]C(I)(I)C(I)(I)I. The van der Waals surface area contributed by atoms with Crippen LogP contribution in [0.15, 0.2) is 0 Å². The molecular weight excluding hydrogens is 687 g/mol. The molecule has 1 nitrogen and oxygen atoms in total. The molecule has 53 valence electrons. The Hall–Kier alpha value is 3.32. The van der Waals surface area contributed by atoms with Gasteiger partial charge in [0.1, 0.15) is 0 Å². The Morgan fingerprint density at radius 2 is 1.33 bits per heavy atom. The van der Waals surface area contributed by atoms with Crippen molar-refractivity contribution in [2.45, 2.75) is 0.864 Å². The molecule has 0 bridgehead atoms. The Labute approximate surface area is 122 Å². The lowest BCUT2D eigenvalue weighted by Crippen LogP contribution is -2.28. The van der Waals surface area contributed by atoms with E-state index in [0.29, 0.717) is 0 Å². The molecule has 0 heterocycles. The Morgan fingerprint density at radius 3 is 1.33 bits per heavy atom. The van der Waals surface area contributed by atoms with Crippen LogP contribution in [0.3, 0.4) is 0 Å². The van der Waals surface area contributed by atoms with Gasteiger partial charge in [-0.3, -0.25) is 4.79 Å². The minimum atomic E-state index is -0.426. The molecule has 0 fully saturated rings. The van der Waals surface area contributed by atoms with Crippen molar-refractivity contribution in [2.75, 3.05) is 0 Å². The van der Waals surface area contributed by atoms with Gasteiger partial charge in [0.25, 0.3) is 0 Å². The van der Waals surface area contributed by atoms with E-state index in [9.17, 15) is 4.79 Å². The van der Waals surface area contributed by atoms with E-state index in [1.807, 2.05) is 6.29 Å². The van der Waals surface area contributed by atoms with E-state index in [-0.39, 0.29) is -0.565 Å². The maximum absolute atomic E-state index is 10.3. The second-order valence-electron chi connectivity index (χ2n) is 1.17. The van der Waals surface area contributed by atoms with Crippen molar-refractivity contribution in [1.82, 2.24) is 0 Å². The molecule has 0 saturated carbocycles. The van der Waals surface area contributed by atoms with Gasteiger partial charge in [-0.25, -0.2) is 0 Å². The number of hydrogen-bond donors (Lipinski definition) is 0. The highest BCUT2D eigenvalue weighted by molar-refractivity contribution is 14.3. The van der Waals surface area contributed by atoms with Gasteiger partial charge < -0.3 is 0 Å². The third kappa shape index (κ3) is 4.19. The number of alkyl halides is 5. The van der Waals surface area contributed by atoms with Gasteiger partial charge in [-0.15, -0.1) is 0 Å². The van der Waals surface area contributed by atoms with Gasteiger partial charge in [-0.1, -0.05) is 113 Å². The van der Waals surface area contributed by atoms with Gasteiger partial charge in [-0.2, -0.15) is 0 Å². The van der Waals surface area contributed by atoms with Crippen LogP contribution in [-0.4, -0.2) is 7.15 Å². The third-order valence-corrected chi connectivity index (χ3v) is 11.2. The van der Waals surface area contributed by atoms with Crippen molar-refractivity contribution >= 4 is 119 Å². The molecule has 0 aliphatic rings. The van der Waals surface area contributed by atoms with E-state index >= 15 is 0 Å². The zero-order valence-electron chi connectivity index (χ0n) is 3.80. The van der Waals surface area contributed by atoms with Crippen molar-refractivity contribution in [1.29, 1.82) is 0 Å². The van der Waals surface area contributed by atoms with Gasteiger partial charge in [0.2, 0.25) is 6.29 Å². The predicted octanol–water partition coefficient (Wildman–Crippen LogP) is 3.62. The number of halogens is 5. The Balaban J connectivity index is 4.32. The lowest BCUT2D eigenvalue weighted by atomic mass is 10.6. The van der Waals surface area contributed by atoms with Crippen LogP contribution in [0, 0.1) is 0 Å². The van der Waals surface area contributed by atoms with Gasteiger partial charge in [0.05, 0.1) is 0 Å². The first kappa shape index (κ1) is 12.3. The molecule has 0 rings (SSSR count). The molecule has 0 aliphatic carbocycles. The summed E-state index contributed by atoms with van der Waals surface area (Å²) in [5.74, 6) is 0. The molecular formula is C3I5O. The van der Waals surface area contributed by atoms with Crippen molar-refractivity contribution in [3.05, 3.63) is 0 Å². The minimum Gasteiger partial charge on any atom is -0.288 e. The van der Waals surface area contributed by atoms with E-state index in [2.05, 4.69) is 113 Å². The van der Waals surface area contributed by atoms with Crippen LogP contribution >= 0.6 is 113 Å². The fourth-order valence-electron chi connectivity index (χ4n) is 0.0579. The second kappa shape index (κ2) is 4.53. The summed E-state index contributed by atoms with van der Waals surface area (Å²) in [6.07, 6.45) is 1.98. The Bertz CT molecular complexity index is 114. The van der Waals surface area contributed by atoms with Crippen LogP contribution in [-0.2, 0) is 4.79 Å². The van der Waals surface area contributed by atoms with Crippen LogP contribution in [0.5, 0.6) is 0 Å². The fourth-order valence-corrected chi connectivity index (χ4v) is 0.388. The average Bonchev–Trinajstić information content (AvgIpc) is 1.64. The molecule has 0 aromatic rings. The summed E-state index contributed by atoms with van der Waals surface area (Å²) in [5.41, 5.74) is 0. The van der Waals surface area contributed by atoms with E-state index in [0.717, 1.165) is 0 Å². The van der Waals surface area contributed by atoms with Crippen LogP contribution in [0.1, 0.15) is 0 Å². The molecule has 0 N–H and O–H groups in total. The molecule has 0 atom stereocenters. The maximum Gasteiger partial charge on any atom is 0.229 e. The highest BCUT2D eigenvalue weighted by atomic mass is 127. The summed E-state index contributed by atoms with van der Waals surface area (Å²) < 4.78 is -0.520. The van der Waals surface area contributed by atoms with E-state index in [4.69, 9.17) is 0 Å². The topological polar surface area (TPSA) is 17.1 Å². The van der Waals surface area contributed by atoms with E-state index in [1.165, 1.54) is 0 Å². The first-order valence-electron chi connectivity index (χ1n) is 1.65. The second-order valence-corrected chi connectivity index (χ2v) is 17.5. The smallest absolute Gasteiger partial charge is 0.229 e. The standard InChI is InChI=1S/C3I5O/c4-2(5,1-9)3(6,7)8.